The van der Waals surface area contributed by atoms with Gasteiger partial charge in [-0.05, 0) is 12.1 Å². The number of primary amides is 1. The number of carbonyl (C=O) groups is 3. The second kappa shape index (κ2) is 5.86. The van der Waals surface area contributed by atoms with Gasteiger partial charge in [-0.25, -0.2) is 8.42 Å². The summed E-state index contributed by atoms with van der Waals surface area (Å²) < 4.78 is 24.1. The molecule has 0 spiro atoms. The van der Waals surface area contributed by atoms with E-state index in [1.807, 2.05) is 0 Å². The summed E-state index contributed by atoms with van der Waals surface area (Å²) in [5, 5.41) is 0. The first-order valence-electron chi connectivity index (χ1n) is 7.33. The highest BCUT2D eigenvalue weighted by Gasteiger charge is 2.50. The van der Waals surface area contributed by atoms with Gasteiger partial charge in [-0.2, -0.15) is 0 Å². The van der Waals surface area contributed by atoms with E-state index in [0.717, 1.165) is 0 Å². The molecule has 128 valence electrons. The number of rotatable bonds is 1. The number of carbonyl (C=O) groups excluding carboxylic acids is 3. The van der Waals surface area contributed by atoms with Crippen LogP contribution in [0.25, 0.3) is 0 Å². The summed E-state index contributed by atoms with van der Waals surface area (Å²) in [5.41, 5.74) is 5.24. The average Bonchev–Trinajstić information content (AvgIpc) is 2.88. The number of nitrogens with zero attached hydrogens (tertiary/aromatic N) is 3. The number of piperazine rings is 1. The molecule has 10 heteroatoms. The maximum atomic E-state index is 12.6. The second-order valence-corrected chi connectivity index (χ2v) is 7.94. The lowest BCUT2D eigenvalue weighted by atomic mass is 10.0. The van der Waals surface area contributed by atoms with Crippen LogP contribution in [0.15, 0.2) is 24.4 Å². The number of aromatic nitrogens is 1. The van der Waals surface area contributed by atoms with Crippen molar-refractivity contribution in [3.05, 3.63) is 30.1 Å². The molecule has 2 N–H and O–H groups in total. The van der Waals surface area contributed by atoms with Crippen LogP contribution in [0.2, 0.25) is 0 Å². The van der Waals surface area contributed by atoms with E-state index in [0.29, 0.717) is 0 Å². The van der Waals surface area contributed by atoms with Gasteiger partial charge in [0.05, 0.1) is 23.6 Å². The molecule has 3 rings (SSSR count). The summed E-state index contributed by atoms with van der Waals surface area (Å²) in [6.45, 7) is 0.169. The Balaban J connectivity index is 1.91. The Hall–Kier alpha value is -2.49. The number of sulfone groups is 1. The quantitative estimate of drug-likeness (QED) is 0.583. The predicted molar refractivity (Wildman–Crippen MR) is 82.4 cm³/mol. The summed E-state index contributed by atoms with van der Waals surface area (Å²) in [6, 6.07) is 3.40. The van der Waals surface area contributed by atoms with Gasteiger partial charge in [-0.15, -0.1) is 0 Å². The summed E-state index contributed by atoms with van der Waals surface area (Å²) >= 11 is 0. The molecular weight excluding hydrogens is 336 g/mol. The standard InChI is InChI=1S/C14H16N4O5S/c15-12(19)14(21)18-6-5-17(10-7-24(22,23)8-11(10)18)13(20)9-3-1-2-4-16-9/h1-4,10-11H,5-8H2,(H2,15,19)/t10-,11+/m1/s1. The second-order valence-electron chi connectivity index (χ2n) is 5.79. The third-order valence-electron chi connectivity index (χ3n) is 4.29. The third-order valence-corrected chi connectivity index (χ3v) is 5.99. The average molecular weight is 352 g/mol. The molecule has 2 aliphatic heterocycles. The molecule has 2 atom stereocenters. The number of hydrogen-bond donors (Lipinski definition) is 1. The van der Waals surface area contributed by atoms with Crippen molar-refractivity contribution in [2.75, 3.05) is 24.6 Å². The van der Waals surface area contributed by atoms with E-state index in [9.17, 15) is 22.8 Å². The minimum absolute atomic E-state index is 0.0526. The Bertz CT molecular complexity index is 795. The van der Waals surface area contributed by atoms with Crippen molar-refractivity contribution in [2.24, 2.45) is 5.73 Å². The first-order valence-corrected chi connectivity index (χ1v) is 9.15. The van der Waals surface area contributed by atoms with Gasteiger partial charge in [0.1, 0.15) is 5.69 Å². The van der Waals surface area contributed by atoms with Crippen LogP contribution in [0.1, 0.15) is 10.5 Å². The first-order chi connectivity index (χ1) is 11.3. The van der Waals surface area contributed by atoms with Gasteiger partial charge in [0, 0.05) is 19.3 Å². The SMILES string of the molecule is NC(=O)C(=O)N1CCN(C(=O)c2ccccn2)[C@@H]2CS(=O)(=O)C[C@@H]21. The van der Waals surface area contributed by atoms with Gasteiger partial charge in [0.2, 0.25) is 0 Å². The maximum Gasteiger partial charge on any atom is 0.312 e. The lowest BCUT2D eigenvalue weighted by Gasteiger charge is -2.43. The molecule has 2 fully saturated rings. The number of nitrogens with two attached hydrogens (primary N) is 1. The zero-order valence-corrected chi connectivity index (χ0v) is 13.5. The predicted octanol–water partition coefficient (Wildman–Crippen LogP) is -1.98. The van der Waals surface area contributed by atoms with E-state index in [-0.39, 0.29) is 30.3 Å². The molecule has 1 aromatic heterocycles. The van der Waals surface area contributed by atoms with Crippen molar-refractivity contribution < 1.29 is 22.8 Å². The molecule has 1 aromatic rings. The molecule has 0 aliphatic carbocycles. The Morgan fingerprint density at radius 3 is 2.29 bits per heavy atom. The van der Waals surface area contributed by atoms with E-state index in [4.69, 9.17) is 5.73 Å². The lowest BCUT2D eigenvalue weighted by molar-refractivity contribution is -0.147. The van der Waals surface area contributed by atoms with E-state index in [1.165, 1.54) is 16.0 Å². The zero-order valence-electron chi connectivity index (χ0n) is 12.7. The van der Waals surface area contributed by atoms with Crippen molar-refractivity contribution in [3.63, 3.8) is 0 Å². The Labute approximate surface area is 138 Å². The van der Waals surface area contributed by atoms with E-state index in [2.05, 4.69) is 4.98 Å². The minimum atomic E-state index is -3.43. The van der Waals surface area contributed by atoms with Crippen LogP contribution >= 0.6 is 0 Å². The van der Waals surface area contributed by atoms with E-state index < -0.39 is 39.6 Å². The van der Waals surface area contributed by atoms with Gasteiger partial charge in [-0.3, -0.25) is 19.4 Å². The van der Waals surface area contributed by atoms with Gasteiger partial charge in [-0.1, -0.05) is 6.07 Å². The number of pyridine rings is 1. The fraction of sp³-hybridized carbons (Fsp3) is 0.429. The number of hydrogen-bond acceptors (Lipinski definition) is 6. The summed E-state index contributed by atoms with van der Waals surface area (Å²) in [7, 11) is -3.43. The van der Waals surface area contributed by atoms with Crippen LogP contribution in [0.5, 0.6) is 0 Å². The Morgan fingerprint density at radius 1 is 1.08 bits per heavy atom. The smallest absolute Gasteiger partial charge is 0.312 e. The van der Waals surface area contributed by atoms with Crippen molar-refractivity contribution >= 4 is 27.6 Å². The molecule has 9 nitrogen and oxygen atoms in total. The summed E-state index contributed by atoms with van der Waals surface area (Å²) in [5.74, 6) is -3.00. The van der Waals surface area contributed by atoms with Crippen LogP contribution < -0.4 is 5.73 Å². The van der Waals surface area contributed by atoms with Crippen LogP contribution in [0.4, 0.5) is 0 Å². The van der Waals surface area contributed by atoms with Crippen LogP contribution in [-0.4, -0.2) is 77.6 Å². The van der Waals surface area contributed by atoms with Crippen LogP contribution in [-0.2, 0) is 19.4 Å². The molecule has 2 saturated heterocycles. The zero-order chi connectivity index (χ0) is 17.5. The normalized spacial score (nSPS) is 25.2. The molecule has 0 saturated carbocycles. The van der Waals surface area contributed by atoms with Gasteiger partial charge in [0.15, 0.2) is 9.84 Å². The van der Waals surface area contributed by atoms with Gasteiger partial charge in [0.25, 0.3) is 5.91 Å². The van der Waals surface area contributed by atoms with Crippen molar-refractivity contribution in [3.8, 4) is 0 Å². The molecule has 2 aliphatic rings. The molecule has 3 amide bonds. The van der Waals surface area contributed by atoms with Crippen molar-refractivity contribution in [2.45, 2.75) is 12.1 Å². The number of amides is 3. The monoisotopic (exact) mass is 352 g/mol. The maximum absolute atomic E-state index is 12.6. The highest BCUT2D eigenvalue weighted by atomic mass is 32.2. The topological polar surface area (TPSA) is 131 Å². The molecule has 3 heterocycles. The van der Waals surface area contributed by atoms with E-state index >= 15 is 0 Å². The highest BCUT2D eigenvalue weighted by molar-refractivity contribution is 7.91. The first kappa shape index (κ1) is 16.4. The van der Waals surface area contributed by atoms with Crippen LogP contribution in [0, 0.1) is 0 Å². The lowest BCUT2D eigenvalue weighted by Crippen LogP contribution is -2.63. The van der Waals surface area contributed by atoms with E-state index in [1.54, 1.807) is 18.2 Å². The molecular formula is C14H16N4O5S. The molecule has 0 radical (unpaired) electrons. The largest absolute Gasteiger partial charge is 0.361 e. The third kappa shape index (κ3) is 2.84. The van der Waals surface area contributed by atoms with Gasteiger partial charge >= 0.3 is 11.8 Å². The highest BCUT2D eigenvalue weighted by Crippen LogP contribution is 2.28. The fourth-order valence-electron chi connectivity index (χ4n) is 3.24. The molecule has 24 heavy (non-hydrogen) atoms. The fourth-order valence-corrected chi connectivity index (χ4v) is 5.22. The summed E-state index contributed by atoms with van der Waals surface area (Å²) in [4.78, 5) is 42.3. The molecule has 0 bridgehead atoms. The summed E-state index contributed by atoms with van der Waals surface area (Å²) in [6.07, 6.45) is 1.48. The van der Waals surface area contributed by atoms with Gasteiger partial charge < -0.3 is 15.5 Å². The molecule has 0 unspecified atom stereocenters. The molecule has 0 aromatic carbocycles. The Morgan fingerprint density at radius 2 is 1.71 bits per heavy atom. The van der Waals surface area contributed by atoms with Crippen LogP contribution in [0.3, 0.4) is 0 Å². The number of fused-ring (bicyclic) bond motifs is 1. The minimum Gasteiger partial charge on any atom is -0.361 e. The van der Waals surface area contributed by atoms with Crippen molar-refractivity contribution in [1.82, 2.24) is 14.8 Å². The van der Waals surface area contributed by atoms with Crippen molar-refractivity contribution in [1.29, 1.82) is 0 Å². The Kier molecular flexibility index (Phi) is 3.99.